The van der Waals surface area contributed by atoms with Gasteiger partial charge in [0.15, 0.2) is 6.10 Å². The lowest BCUT2D eigenvalue weighted by Gasteiger charge is -2.16. The molecule has 0 spiro atoms. The van der Waals surface area contributed by atoms with Crippen molar-refractivity contribution in [1.29, 1.82) is 0 Å². The van der Waals surface area contributed by atoms with Crippen LogP contribution in [-0.2, 0) is 11.2 Å². The zero-order valence-electron chi connectivity index (χ0n) is 10.9. The predicted octanol–water partition coefficient (Wildman–Crippen LogP) is 2.30. The number of hydrogen-bond acceptors (Lipinski definition) is 2. The average molecular weight is 236 g/mol. The van der Waals surface area contributed by atoms with Gasteiger partial charge in [0, 0.05) is 0 Å². The van der Waals surface area contributed by atoms with Crippen molar-refractivity contribution < 1.29 is 15.0 Å². The number of carboxylic acid groups (broad SMARTS) is 1. The smallest absolute Gasteiger partial charge is 0.332 e. The second kappa shape index (κ2) is 5.32. The molecule has 3 heteroatoms. The molecule has 0 aliphatic rings. The minimum Gasteiger partial charge on any atom is -0.479 e. The third-order valence-electron chi connectivity index (χ3n) is 3.47. The Morgan fingerprint density at radius 2 is 1.65 bits per heavy atom. The summed E-state index contributed by atoms with van der Waals surface area (Å²) in [4.78, 5) is 10.6. The summed E-state index contributed by atoms with van der Waals surface area (Å²) < 4.78 is 0. The van der Waals surface area contributed by atoms with Gasteiger partial charge in [-0.15, -0.1) is 0 Å². The fourth-order valence-electron chi connectivity index (χ4n) is 2.08. The van der Waals surface area contributed by atoms with Gasteiger partial charge in [-0.3, -0.25) is 0 Å². The molecule has 94 valence electrons. The molecule has 0 saturated carbocycles. The molecule has 1 aromatic carbocycles. The molecule has 0 aliphatic carbocycles. The molecule has 0 saturated heterocycles. The minimum atomic E-state index is -1.27. The molecule has 0 aromatic heterocycles. The Labute approximate surface area is 102 Å². The SMILES string of the molecule is Cc1cc(C)c(C)c(CCC(O)C(=O)O)c1C. The van der Waals surface area contributed by atoms with Gasteiger partial charge in [0.25, 0.3) is 0 Å². The summed E-state index contributed by atoms with van der Waals surface area (Å²) in [5, 5.41) is 18.0. The molecule has 1 aromatic rings. The second-order valence-corrected chi connectivity index (χ2v) is 4.63. The first-order valence-corrected chi connectivity index (χ1v) is 5.81. The zero-order chi connectivity index (χ0) is 13.2. The van der Waals surface area contributed by atoms with Gasteiger partial charge in [0.1, 0.15) is 0 Å². The van der Waals surface area contributed by atoms with Gasteiger partial charge in [0.2, 0.25) is 0 Å². The zero-order valence-corrected chi connectivity index (χ0v) is 10.9. The first-order valence-electron chi connectivity index (χ1n) is 5.81. The normalized spacial score (nSPS) is 12.5. The van der Waals surface area contributed by atoms with Crippen LogP contribution in [0, 0.1) is 27.7 Å². The predicted molar refractivity (Wildman–Crippen MR) is 67.4 cm³/mol. The van der Waals surface area contributed by atoms with E-state index in [2.05, 4.69) is 19.9 Å². The first-order chi connectivity index (χ1) is 7.84. The summed E-state index contributed by atoms with van der Waals surface area (Å²) in [6, 6.07) is 2.14. The number of aliphatic carboxylic acids is 1. The van der Waals surface area contributed by atoms with Crippen LogP contribution in [0.2, 0.25) is 0 Å². The van der Waals surface area contributed by atoms with E-state index in [1.54, 1.807) is 0 Å². The lowest BCUT2D eigenvalue weighted by Crippen LogP contribution is -2.20. The van der Waals surface area contributed by atoms with Crippen molar-refractivity contribution >= 4 is 5.97 Å². The summed E-state index contributed by atoms with van der Waals surface area (Å²) in [7, 11) is 0. The summed E-state index contributed by atoms with van der Waals surface area (Å²) in [6.45, 7) is 8.20. The topological polar surface area (TPSA) is 57.5 Å². The first kappa shape index (κ1) is 13.7. The van der Waals surface area contributed by atoms with Crippen LogP contribution < -0.4 is 0 Å². The van der Waals surface area contributed by atoms with E-state index < -0.39 is 12.1 Å². The molecule has 0 radical (unpaired) electrons. The van der Waals surface area contributed by atoms with Gasteiger partial charge in [-0.1, -0.05) is 6.07 Å². The maximum atomic E-state index is 10.6. The van der Waals surface area contributed by atoms with E-state index in [9.17, 15) is 9.90 Å². The molecule has 0 amide bonds. The molecule has 2 N–H and O–H groups in total. The largest absolute Gasteiger partial charge is 0.479 e. The molecule has 17 heavy (non-hydrogen) atoms. The van der Waals surface area contributed by atoms with Crippen molar-refractivity contribution in [1.82, 2.24) is 0 Å². The van der Waals surface area contributed by atoms with Gasteiger partial charge < -0.3 is 10.2 Å². The number of carbonyl (C=O) groups is 1. The Hall–Kier alpha value is -1.35. The van der Waals surface area contributed by atoms with Crippen LogP contribution >= 0.6 is 0 Å². The van der Waals surface area contributed by atoms with Gasteiger partial charge in [0.05, 0.1) is 0 Å². The standard InChI is InChI=1S/C14H20O3/c1-8-7-9(2)11(4)12(10(8)3)5-6-13(15)14(16)17/h7,13,15H,5-6H2,1-4H3,(H,16,17). The van der Waals surface area contributed by atoms with E-state index in [1.807, 2.05) is 13.8 Å². The summed E-state index contributed by atoms with van der Waals surface area (Å²) in [6.07, 6.45) is -0.400. The van der Waals surface area contributed by atoms with Gasteiger partial charge >= 0.3 is 5.97 Å². The van der Waals surface area contributed by atoms with E-state index in [-0.39, 0.29) is 6.42 Å². The highest BCUT2D eigenvalue weighted by Gasteiger charge is 2.15. The lowest BCUT2D eigenvalue weighted by molar-refractivity contribution is -0.146. The van der Waals surface area contributed by atoms with Crippen LogP contribution in [-0.4, -0.2) is 22.3 Å². The third kappa shape index (κ3) is 3.07. The molecule has 0 fully saturated rings. The molecular weight excluding hydrogens is 216 g/mol. The molecule has 0 heterocycles. The van der Waals surface area contributed by atoms with Crippen LogP contribution in [0.25, 0.3) is 0 Å². The number of rotatable bonds is 4. The molecular formula is C14H20O3. The number of aliphatic hydroxyl groups is 1. The Kier molecular flexibility index (Phi) is 4.29. The molecule has 1 unspecified atom stereocenters. The van der Waals surface area contributed by atoms with E-state index in [0.29, 0.717) is 6.42 Å². The van der Waals surface area contributed by atoms with Crippen LogP contribution in [0.1, 0.15) is 34.2 Å². The van der Waals surface area contributed by atoms with E-state index >= 15 is 0 Å². The highest BCUT2D eigenvalue weighted by atomic mass is 16.4. The quantitative estimate of drug-likeness (QED) is 0.843. The van der Waals surface area contributed by atoms with Crippen LogP contribution in [0.15, 0.2) is 6.07 Å². The number of benzene rings is 1. The van der Waals surface area contributed by atoms with Crippen molar-refractivity contribution in [2.45, 2.75) is 46.6 Å². The highest BCUT2D eigenvalue weighted by molar-refractivity contribution is 5.71. The van der Waals surface area contributed by atoms with Crippen molar-refractivity contribution in [2.75, 3.05) is 0 Å². The van der Waals surface area contributed by atoms with Crippen molar-refractivity contribution in [3.63, 3.8) is 0 Å². The highest BCUT2D eigenvalue weighted by Crippen LogP contribution is 2.23. The Morgan fingerprint density at radius 1 is 1.18 bits per heavy atom. The number of aryl methyl sites for hydroxylation is 2. The summed E-state index contributed by atoms with van der Waals surface area (Å²) >= 11 is 0. The number of aliphatic hydroxyl groups excluding tert-OH is 1. The summed E-state index contributed by atoms with van der Waals surface area (Å²) in [5.41, 5.74) is 6.00. The Balaban J connectivity index is 2.95. The van der Waals surface area contributed by atoms with Gasteiger partial charge in [-0.05, 0) is 68.4 Å². The van der Waals surface area contributed by atoms with E-state index in [4.69, 9.17) is 5.11 Å². The number of carboxylic acids is 1. The maximum Gasteiger partial charge on any atom is 0.332 e. The third-order valence-corrected chi connectivity index (χ3v) is 3.47. The maximum absolute atomic E-state index is 10.6. The fraction of sp³-hybridized carbons (Fsp3) is 0.500. The number of hydrogen-bond donors (Lipinski definition) is 2. The molecule has 0 bridgehead atoms. The van der Waals surface area contributed by atoms with Crippen molar-refractivity contribution in [3.05, 3.63) is 33.9 Å². The fourth-order valence-corrected chi connectivity index (χ4v) is 2.08. The van der Waals surface area contributed by atoms with Crippen LogP contribution in [0.4, 0.5) is 0 Å². The Bertz CT molecular complexity index is 409. The Morgan fingerprint density at radius 3 is 2.06 bits per heavy atom. The molecule has 0 aliphatic heterocycles. The molecule has 1 atom stereocenters. The molecule has 3 nitrogen and oxygen atoms in total. The summed E-state index contributed by atoms with van der Waals surface area (Å²) in [5.74, 6) is -1.15. The molecule has 1 rings (SSSR count). The lowest BCUT2D eigenvalue weighted by atomic mass is 9.91. The van der Waals surface area contributed by atoms with Crippen LogP contribution in [0.5, 0.6) is 0 Å². The minimum absolute atomic E-state index is 0.264. The average Bonchev–Trinajstić information content (AvgIpc) is 2.26. The van der Waals surface area contributed by atoms with Crippen molar-refractivity contribution in [2.24, 2.45) is 0 Å². The van der Waals surface area contributed by atoms with E-state index in [0.717, 1.165) is 0 Å². The monoisotopic (exact) mass is 236 g/mol. The van der Waals surface area contributed by atoms with Crippen molar-refractivity contribution in [3.8, 4) is 0 Å². The van der Waals surface area contributed by atoms with Gasteiger partial charge in [-0.2, -0.15) is 0 Å². The van der Waals surface area contributed by atoms with E-state index in [1.165, 1.54) is 27.8 Å². The second-order valence-electron chi connectivity index (χ2n) is 4.63. The van der Waals surface area contributed by atoms with Crippen LogP contribution in [0.3, 0.4) is 0 Å². The van der Waals surface area contributed by atoms with Gasteiger partial charge in [-0.25, -0.2) is 4.79 Å².